The molecule has 19 unspecified atom stereocenters. The second-order valence-electron chi connectivity index (χ2n) is 45.3. The van der Waals surface area contributed by atoms with Gasteiger partial charge in [0.25, 0.3) is 0 Å². The van der Waals surface area contributed by atoms with Gasteiger partial charge in [-0.1, -0.05) is 172 Å². The standard InChI is InChI=1S/C20H32O2.C16H22O6.C16H26O4.C16H24O4.C15H28O2.C14H26O2.12CH4/c1-5-19(3,4)18(21)22-20(6-2)11-14-10-15(20)17-13-8-7-12(9-13)16(14)17;1-4-16(2,3)15(19)20-7-11(17)21-12-8-5-9-10(6-8)14(18)22-13(9)12;1-4-13(2,3)12(17)20-16-7-11-5-14(18,9-16)8-15(19,6-11)10-16;1-4-16(2,3)15(18)20-13-10-5-9-6-11(8-10)14(17)19-12(13)7-9;1-7-14(5,6)12(16)17-15(13(2,3)4)10-8-9-11-15;1-6-13(4,5)12(15)16-14(11(2)3)9-7-8-10-14;;;;;;;;;;;;/h12-17H,5-11H2,1-4H3;8-10,12-13H,4-7H2,1-3H3;11,18-19H,4-10H2,1-3H3;9-13H,4-8H2,1-3H3;7-11H2,1-6H3;11H,6-10H2,1-5H3;12*1H4. The van der Waals surface area contributed by atoms with Crippen LogP contribution in [0.5, 0.6) is 0 Å². The van der Waals surface area contributed by atoms with Crippen molar-refractivity contribution in [2.75, 3.05) is 6.61 Å². The molecule has 0 radical (unpaired) electrons. The summed E-state index contributed by atoms with van der Waals surface area (Å²) in [5.74, 6) is 5.77. The SMILES string of the molecule is C.C.C.C.C.C.C.C.C.C.C.C.CCC(C)(C)C(=O)OC1(C(C)(C)C)CCCC1.CCC(C)(C)C(=O)OC1(C(C)C)CCCC1.CCC(C)(C)C(=O)OC1(CC)CC2CC1C1C3CCC(C3)C21.CCC(C)(C)C(=O)OC12CC3CC(O)(CC(O)(C3)C1)C2.CCC(C)(C)C(=O)OC1C2CC3CC(C2)C(=O)OC1C3.CCC(C)(C)C(=O)OCC(=O)OC1C2CC3C(=O)OC1C3C2. The zero-order chi connectivity index (χ0) is 86.8. The van der Waals surface area contributed by atoms with E-state index in [9.17, 15) is 53.4 Å². The summed E-state index contributed by atoms with van der Waals surface area (Å²) in [7, 11) is 0. The van der Waals surface area contributed by atoms with Crippen molar-refractivity contribution in [2.45, 2.75) is 519 Å². The molecule has 0 aromatic heterocycles. The Morgan fingerprint density at radius 1 is 0.419 bits per heavy atom. The molecular weight excluding hydrogens is 1630 g/mol. The molecule has 3 aliphatic heterocycles. The maximum Gasteiger partial charge on any atom is 0.344 e. The zero-order valence-electron chi connectivity index (χ0n) is 77.0. The van der Waals surface area contributed by atoms with Crippen LogP contribution in [-0.2, 0) is 85.8 Å². The van der Waals surface area contributed by atoms with E-state index in [1.165, 1.54) is 51.4 Å². The van der Waals surface area contributed by atoms with Crippen LogP contribution in [0.4, 0.5) is 0 Å². The highest BCUT2D eigenvalue weighted by Crippen LogP contribution is 2.71. The molecule has 3 heterocycles. The minimum absolute atomic E-state index is 0. The van der Waals surface area contributed by atoms with Gasteiger partial charge >= 0.3 is 53.7 Å². The third-order valence-corrected chi connectivity index (χ3v) is 33.6. The van der Waals surface area contributed by atoms with Crippen molar-refractivity contribution in [3.05, 3.63) is 0 Å². The summed E-state index contributed by atoms with van der Waals surface area (Å²) in [4.78, 5) is 109. The Morgan fingerprint density at radius 2 is 0.868 bits per heavy atom. The van der Waals surface area contributed by atoms with E-state index < -0.39 is 45.0 Å². The van der Waals surface area contributed by atoms with Gasteiger partial charge in [-0.05, 0) is 317 Å². The van der Waals surface area contributed by atoms with E-state index >= 15 is 0 Å². The van der Waals surface area contributed by atoms with E-state index in [1.54, 1.807) is 13.8 Å². The summed E-state index contributed by atoms with van der Waals surface area (Å²) in [5, 5.41) is 21.3. The van der Waals surface area contributed by atoms with Crippen LogP contribution in [0, 0.1) is 121 Å². The van der Waals surface area contributed by atoms with E-state index in [4.69, 9.17) is 42.6 Å². The summed E-state index contributed by atoms with van der Waals surface area (Å²) >= 11 is 0. The van der Waals surface area contributed by atoms with E-state index in [2.05, 4.69) is 48.5 Å². The van der Waals surface area contributed by atoms with Crippen LogP contribution in [0.15, 0.2) is 0 Å². The first-order valence-electron chi connectivity index (χ1n) is 46.6. The average Bonchev–Trinajstić information content (AvgIpc) is 0.825. The Bertz CT molecular complexity index is 3540. The molecule has 14 aliphatic carbocycles. The third kappa shape index (κ3) is 26.9. The van der Waals surface area contributed by atoms with Crippen molar-refractivity contribution in [1.29, 1.82) is 0 Å². The Labute approximate surface area is 791 Å². The smallest absolute Gasteiger partial charge is 0.344 e. The topological polar surface area (TPSA) is 277 Å². The lowest BCUT2D eigenvalue weighted by molar-refractivity contribution is -0.264. The van der Waals surface area contributed by atoms with E-state index in [0.29, 0.717) is 49.4 Å². The summed E-state index contributed by atoms with van der Waals surface area (Å²) in [6, 6.07) is 0. The predicted octanol–water partition coefficient (Wildman–Crippen LogP) is 27.0. The maximum atomic E-state index is 12.7. The van der Waals surface area contributed by atoms with E-state index in [-0.39, 0.29) is 230 Å². The fraction of sp³-hybridized carbons (Fsp3) is 0.917. The van der Waals surface area contributed by atoms with Gasteiger partial charge in [0.1, 0.15) is 46.8 Å². The van der Waals surface area contributed by atoms with Crippen molar-refractivity contribution >= 4 is 53.7 Å². The monoisotopic (exact) mass is 1840 g/mol. The maximum absolute atomic E-state index is 12.7. The van der Waals surface area contributed by atoms with E-state index in [0.717, 1.165) is 158 Å². The van der Waals surface area contributed by atoms with Crippen molar-refractivity contribution in [2.24, 2.45) is 121 Å². The molecule has 20 nitrogen and oxygen atoms in total. The third-order valence-electron chi connectivity index (χ3n) is 33.6. The summed E-state index contributed by atoms with van der Waals surface area (Å²) < 4.78 is 51.2. The molecular formula is C109H206O20. The molecule has 17 fully saturated rings. The fourth-order valence-electron chi connectivity index (χ4n) is 23.8. The molecule has 762 valence electrons. The molecule has 19 atom stereocenters. The first-order valence-corrected chi connectivity index (χ1v) is 46.6. The van der Waals surface area contributed by atoms with Crippen molar-refractivity contribution < 1.29 is 96.0 Å². The summed E-state index contributed by atoms with van der Waals surface area (Å²) in [5.41, 5.74) is -5.46. The lowest BCUT2D eigenvalue weighted by Gasteiger charge is -2.62. The number of aliphatic hydroxyl groups is 2. The minimum atomic E-state index is -0.842. The number of hydrogen-bond acceptors (Lipinski definition) is 20. The highest BCUT2D eigenvalue weighted by molar-refractivity contribution is 5.81. The van der Waals surface area contributed by atoms with Gasteiger partial charge in [0.15, 0.2) is 6.61 Å². The van der Waals surface area contributed by atoms with Crippen LogP contribution < -0.4 is 0 Å². The van der Waals surface area contributed by atoms with Gasteiger partial charge in [-0.3, -0.25) is 38.4 Å². The largest absolute Gasteiger partial charge is 0.458 e. The minimum Gasteiger partial charge on any atom is -0.458 e. The number of hydrogen-bond donors (Lipinski definition) is 2. The van der Waals surface area contributed by atoms with Crippen LogP contribution in [-0.4, -0.2) is 129 Å². The Morgan fingerprint density at radius 3 is 1.34 bits per heavy atom. The van der Waals surface area contributed by atoms with Crippen molar-refractivity contribution in [1.82, 2.24) is 0 Å². The van der Waals surface area contributed by atoms with Crippen LogP contribution in [0.2, 0.25) is 0 Å². The molecule has 14 bridgehead atoms. The quantitative estimate of drug-likeness (QED) is 0.0579. The molecule has 0 aromatic rings. The Balaban J connectivity index is -0.00000146. The van der Waals surface area contributed by atoms with Gasteiger partial charge < -0.3 is 52.8 Å². The number of ether oxygens (including phenoxy) is 9. The predicted molar refractivity (Wildman–Crippen MR) is 526 cm³/mol. The second kappa shape index (κ2) is 47.8. The molecule has 0 aromatic carbocycles. The number of fused-ring (bicyclic) bond motifs is 11. The van der Waals surface area contributed by atoms with Crippen LogP contribution in [0.3, 0.4) is 0 Å². The zero-order valence-corrected chi connectivity index (χ0v) is 77.0. The lowest BCUT2D eigenvalue weighted by atomic mass is 9.50. The van der Waals surface area contributed by atoms with E-state index in [1.807, 2.05) is 104 Å². The number of carbonyl (C=O) groups excluding carboxylic acids is 9. The Kier molecular flexibility index (Phi) is 47.5. The first-order chi connectivity index (χ1) is 54.2. The summed E-state index contributed by atoms with van der Waals surface area (Å²) in [6.07, 6.45) is 29.3. The lowest BCUT2D eigenvalue weighted by Crippen LogP contribution is -2.67. The van der Waals surface area contributed by atoms with Crippen LogP contribution >= 0.6 is 0 Å². The van der Waals surface area contributed by atoms with Crippen molar-refractivity contribution in [3.8, 4) is 0 Å². The molecule has 2 N–H and O–H groups in total. The molecule has 0 amide bonds. The van der Waals surface area contributed by atoms with Gasteiger partial charge in [0, 0.05) is 48.3 Å². The second-order valence-corrected chi connectivity index (χ2v) is 45.3. The molecule has 14 saturated carbocycles. The van der Waals surface area contributed by atoms with Gasteiger partial charge in [-0.2, -0.15) is 0 Å². The van der Waals surface area contributed by atoms with Crippen molar-refractivity contribution in [3.63, 3.8) is 0 Å². The molecule has 0 spiro atoms. The number of rotatable bonds is 22. The van der Waals surface area contributed by atoms with Gasteiger partial charge in [0.2, 0.25) is 0 Å². The first kappa shape index (κ1) is 128. The Hall–Kier alpha value is -4.85. The van der Waals surface area contributed by atoms with Gasteiger partial charge in [-0.25, -0.2) is 4.79 Å². The molecule has 129 heavy (non-hydrogen) atoms. The highest BCUT2D eigenvalue weighted by atomic mass is 16.6. The fourth-order valence-corrected chi connectivity index (χ4v) is 23.8. The molecule has 17 rings (SSSR count). The number of carbonyl (C=O) groups is 9. The summed E-state index contributed by atoms with van der Waals surface area (Å²) in [6.45, 7) is 47.9. The van der Waals surface area contributed by atoms with Gasteiger partial charge in [-0.15, -0.1) is 0 Å². The van der Waals surface area contributed by atoms with Crippen LogP contribution in [0.1, 0.15) is 461 Å². The van der Waals surface area contributed by atoms with Crippen LogP contribution in [0.25, 0.3) is 0 Å². The molecule has 3 saturated heterocycles. The highest BCUT2D eigenvalue weighted by Gasteiger charge is 2.70. The molecule has 20 heteroatoms. The normalized spacial score (nSPS) is 32.8. The molecule has 17 aliphatic rings. The van der Waals surface area contributed by atoms with Gasteiger partial charge in [0.05, 0.1) is 55.5 Å². The number of esters is 9. The average molecular weight is 1840 g/mol.